The van der Waals surface area contributed by atoms with Gasteiger partial charge in [-0.2, -0.15) is 8.78 Å². The average molecular weight is 364 g/mol. The first-order valence-electron chi connectivity index (χ1n) is 7.62. The predicted octanol–water partition coefficient (Wildman–Crippen LogP) is 3.59. The first-order chi connectivity index (χ1) is 12.5. The number of carbonyl (C=O) groups excluding carboxylic acids is 1. The topological polar surface area (TPSA) is 69.2 Å². The molecule has 0 aliphatic heterocycles. The summed E-state index contributed by atoms with van der Waals surface area (Å²) in [5.41, 5.74) is 2.12. The predicted molar refractivity (Wildman–Crippen MR) is 93.0 cm³/mol. The van der Waals surface area contributed by atoms with Gasteiger partial charge in [0.15, 0.2) is 6.61 Å². The molecule has 1 N–H and O–H groups in total. The quantitative estimate of drug-likeness (QED) is 0.574. The minimum absolute atomic E-state index is 0.0459. The number of alkyl halides is 2. The van der Waals surface area contributed by atoms with Crippen LogP contribution in [0, 0.1) is 6.92 Å². The van der Waals surface area contributed by atoms with Crippen molar-refractivity contribution in [2.24, 2.45) is 5.16 Å². The third-order valence-electron chi connectivity index (χ3n) is 3.21. The van der Waals surface area contributed by atoms with Gasteiger partial charge in [-0.05, 0) is 54.4 Å². The van der Waals surface area contributed by atoms with Crippen molar-refractivity contribution in [2.75, 3.05) is 19.0 Å². The van der Waals surface area contributed by atoms with E-state index in [0.29, 0.717) is 17.0 Å². The number of benzene rings is 2. The summed E-state index contributed by atoms with van der Waals surface area (Å²) in [5.74, 6) is 0.190. The molecule has 0 aliphatic carbocycles. The second-order valence-electron chi connectivity index (χ2n) is 5.21. The molecule has 0 spiro atoms. The fraction of sp³-hybridized carbons (Fsp3) is 0.222. The number of nitrogens with one attached hydrogen (secondary N) is 1. The molecule has 0 unspecified atom stereocenters. The van der Waals surface area contributed by atoms with E-state index >= 15 is 0 Å². The number of carbonyl (C=O) groups is 1. The number of amides is 1. The van der Waals surface area contributed by atoms with Crippen LogP contribution in [0.4, 0.5) is 14.5 Å². The van der Waals surface area contributed by atoms with Crippen molar-refractivity contribution in [3.05, 3.63) is 53.6 Å². The van der Waals surface area contributed by atoms with Crippen LogP contribution in [0.15, 0.2) is 47.6 Å². The second-order valence-corrected chi connectivity index (χ2v) is 5.21. The number of hydrogen-bond donors (Lipinski definition) is 1. The Morgan fingerprint density at radius 1 is 1.23 bits per heavy atom. The zero-order chi connectivity index (χ0) is 18.9. The Morgan fingerprint density at radius 3 is 2.62 bits per heavy atom. The van der Waals surface area contributed by atoms with Crippen LogP contribution in [0.25, 0.3) is 0 Å². The Morgan fingerprint density at radius 2 is 1.96 bits per heavy atom. The first kappa shape index (κ1) is 19.2. The van der Waals surface area contributed by atoms with Gasteiger partial charge in [0.1, 0.15) is 11.5 Å². The number of ether oxygens (including phenoxy) is 2. The lowest BCUT2D eigenvalue weighted by Crippen LogP contribution is -2.17. The zero-order valence-electron chi connectivity index (χ0n) is 14.2. The summed E-state index contributed by atoms with van der Waals surface area (Å²) in [6.45, 7) is -1.27. The molecule has 0 fully saturated rings. The summed E-state index contributed by atoms with van der Waals surface area (Å²) in [7, 11) is 1.51. The zero-order valence-corrected chi connectivity index (χ0v) is 14.2. The molecule has 0 saturated carbocycles. The molecule has 138 valence electrons. The van der Waals surface area contributed by atoms with Crippen LogP contribution in [-0.4, -0.2) is 32.4 Å². The van der Waals surface area contributed by atoms with Gasteiger partial charge in [0, 0.05) is 0 Å². The van der Waals surface area contributed by atoms with Crippen LogP contribution in [-0.2, 0) is 9.63 Å². The van der Waals surface area contributed by atoms with Gasteiger partial charge in [-0.3, -0.25) is 4.79 Å². The van der Waals surface area contributed by atoms with Crippen molar-refractivity contribution in [3.63, 3.8) is 0 Å². The molecule has 0 heterocycles. The van der Waals surface area contributed by atoms with Gasteiger partial charge in [0.05, 0.1) is 19.0 Å². The Kier molecular flexibility index (Phi) is 6.90. The highest BCUT2D eigenvalue weighted by Crippen LogP contribution is 2.25. The largest absolute Gasteiger partial charge is 0.495 e. The molecule has 0 saturated heterocycles. The van der Waals surface area contributed by atoms with Crippen molar-refractivity contribution in [1.29, 1.82) is 0 Å². The van der Waals surface area contributed by atoms with E-state index < -0.39 is 12.5 Å². The summed E-state index contributed by atoms with van der Waals surface area (Å²) in [5, 5.41) is 6.34. The molecule has 0 bridgehead atoms. The SMILES string of the molecule is COc1ccc(C)cc1NC(=O)CO/N=C\c1ccc(OC(F)F)cc1. The number of rotatable bonds is 8. The Labute approximate surface area is 149 Å². The van der Waals surface area contributed by atoms with Crippen LogP contribution in [0.1, 0.15) is 11.1 Å². The summed E-state index contributed by atoms with van der Waals surface area (Å²) in [4.78, 5) is 16.8. The molecule has 26 heavy (non-hydrogen) atoms. The van der Waals surface area contributed by atoms with Crippen LogP contribution in [0.5, 0.6) is 11.5 Å². The maximum atomic E-state index is 12.1. The van der Waals surface area contributed by atoms with E-state index in [9.17, 15) is 13.6 Å². The lowest BCUT2D eigenvalue weighted by Gasteiger charge is -2.10. The minimum atomic E-state index is -2.87. The molecule has 6 nitrogen and oxygen atoms in total. The summed E-state index contributed by atoms with van der Waals surface area (Å²) < 4.78 is 33.5. The Balaban J connectivity index is 1.82. The number of anilines is 1. The van der Waals surface area contributed by atoms with Gasteiger partial charge in [-0.1, -0.05) is 11.2 Å². The van der Waals surface area contributed by atoms with Gasteiger partial charge < -0.3 is 19.6 Å². The number of halogens is 2. The molecule has 1 amide bonds. The third kappa shape index (κ3) is 6.04. The smallest absolute Gasteiger partial charge is 0.387 e. The number of aryl methyl sites for hydroxylation is 1. The maximum Gasteiger partial charge on any atom is 0.387 e. The van der Waals surface area contributed by atoms with E-state index in [1.165, 1.54) is 37.6 Å². The lowest BCUT2D eigenvalue weighted by molar-refractivity contribution is -0.120. The average Bonchev–Trinajstić information content (AvgIpc) is 2.60. The van der Waals surface area contributed by atoms with Gasteiger partial charge in [0.2, 0.25) is 0 Å². The molecule has 2 rings (SSSR count). The Hall–Kier alpha value is -3.16. The summed E-state index contributed by atoms with van der Waals surface area (Å²) in [6, 6.07) is 11.2. The number of oxime groups is 1. The maximum absolute atomic E-state index is 12.1. The van der Waals surface area contributed by atoms with E-state index in [0.717, 1.165) is 5.56 Å². The van der Waals surface area contributed by atoms with Crippen LogP contribution >= 0.6 is 0 Å². The van der Waals surface area contributed by atoms with Crippen LogP contribution in [0.2, 0.25) is 0 Å². The molecule has 8 heteroatoms. The van der Waals surface area contributed by atoms with E-state index in [1.54, 1.807) is 12.1 Å². The molecular formula is C18H18F2N2O4. The fourth-order valence-corrected chi connectivity index (χ4v) is 2.04. The van der Waals surface area contributed by atoms with Crippen LogP contribution in [0.3, 0.4) is 0 Å². The van der Waals surface area contributed by atoms with Gasteiger partial charge in [0.25, 0.3) is 5.91 Å². The summed E-state index contributed by atoms with van der Waals surface area (Å²) >= 11 is 0. The molecule has 0 atom stereocenters. The van der Waals surface area contributed by atoms with E-state index in [-0.39, 0.29) is 12.4 Å². The highest BCUT2D eigenvalue weighted by Gasteiger charge is 2.08. The van der Waals surface area contributed by atoms with Crippen molar-refractivity contribution in [3.8, 4) is 11.5 Å². The van der Waals surface area contributed by atoms with E-state index in [1.807, 2.05) is 13.0 Å². The fourth-order valence-electron chi connectivity index (χ4n) is 2.04. The second kappa shape index (κ2) is 9.36. The molecule has 0 aromatic heterocycles. The molecule has 2 aromatic rings. The third-order valence-corrected chi connectivity index (χ3v) is 3.21. The highest BCUT2D eigenvalue weighted by atomic mass is 19.3. The molecular weight excluding hydrogens is 346 g/mol. The van der Waals surface area contributed by atoms with Gasteiger partial charge >= 0.3 is 6.61 Å². The van der Waals surface area contributed by atoms with Gasteiger partial charge in [-0.25, -0.2) is 0 Å². The number of methoxy groups -OCH3 is 1. The van der Waals surface area contributed by atoms with E-state index in [2.05, 4.69) is 15.2 Å². The van der Waals surface area contributed by atoms with Gasteiger partial charge in [-0.15, -0.1) is 0 Å². The normalized spacial score (nSPS) is 10.8. The Bertz CT molecular complexity index is 764. The van der Waals surface area contributed by atoms with Crippen molar-refractivity contribution in [1.82, 2.24) is 0 Å². The number of nitrogens with zero attached hydrogens (tertiary/aromatic N) is 1. The van der Waals surface area contributed by atoms with Crippen molar-refractivity contribution in [2.45, 2.75) is 13.5 Å². The monoisotopic (exact) mass is 364 g/mol. The highest BCUT2D eigenvalue weighted by molar-refractivity contribution is 5.93. The van der Waals surface area contributed by atoms with Crippen molar-refractivity contribution >= 4 is 17.8 Å². The molecule has 0 radical (unpaired) electrons. The number of hydrogen-bond acceptors (Lipinski definition) is 5. The molecule has 2 aromatic carbocycles. The lowest BCUT2D eigenvalue weighted by atomic mass is 10.2. The van der Waals surface area contributed by atoms with E-state index in [4.69, 9.17) is 9.57 Å². The standard InChI is InChI=1S/C18H18F2N2O4/c1-12-3-8-16(24-2)15(9-12)22-17(23)11-25-21-10-13-4-6-14(7-5-13)26-18(19)20/h3-10,18H,11H2,1-2H3,(H,22,23)/b21-10-. The minimum Gasteiger partial charge on any atom is -0.495 e. The first-order valence-corrected chi connectivity index (χ1v) is 7.62. The van der Waals surface area contributed by atoms with Crippen molar-refractivity contribution < 1.29 is 27.9 Å². The summed E-state index contributed by atoms with van der Waals surface area (Å²) in [6.07, 6.45) is 1.35. The molecule has 0 aliphatic rings. The van der Waals surface area contributed by atoms with Crippen LogP contribution < -0.4 is 14.8 Å².